The minimum atomic E-state index is -1.10. The Bertz CT molecular complexity index is 599. The highest BCUT2D eigenvalue weighted by Crippen LogP contribution is 2.61. The zero-order chi connectivity index (χ0) is 16.1. The number of benzene rings is 1. The molecule has 1 aliphatic carbocycles. The van der Waals surface area contributed by atoms with Gasteiger partial charge < -0.3 is 9.84 Å². The number of fused-ring (bicyclic) bond motifs is 1. The quantitative estimate of drug-likeness (QED) is 0.911. The summed E-state index contributed by atoms with van der Waals surface area (Å²) in [5.74, 6) is -0.751. The molecule has 2 heterocycles. The lowest BCUT2D eigenvalue weighted by atomic mass is 9.71. The number of nitrogens with zero attached hydrogens (tertiary/aromatic N) is 1. The first kappa shape index (κ1) is 14.9. The SMILES string of the molecule is CC(C)(C)OC(=O)N1C(c2ccccc2)C2CC1(C(=O)O)C2. The summed E-state index contributed by atoms with van der Waals surface area (Å²) in [4.78, 5) is 25.9. The summed E-state index contributed by atoms with van der Waals surface area (Å²) in [5.41, 5.74) is -0.780. The zero-order valence-electron chi connectivity index (χ0n) is 13.1. The Hall–Kier alpha value is -2.04. The monoisotopic (exact) mass is 303 g/mol. The van der Waals surface area contributed by atoms with Crippen molar-refractivity contribution in [1.82, 2.24) is 4.90 Å². The number of amides is 1. The van der Waals surface area contributed by atoms with Gasteiger partial charge in [-0.05, 0) is 45.1 Å². The van der Waals surface area contributed by atoms with Crippen LogP contribution in [0.4, 0.5) is 4.79 Å². The third kappa shape index (κ3) is 2.16. The van der Waals surface area contributed by atoms with Gasteiger partial charge in [0.2, 0.25) is 0 Å². The molecule has 1 amide bonds. The minimum absolute atomic E-state index is 0.186. The van der Waals surface area contributed by atoms with Crippen molar-refractivity contribution in [1.29, 1.82) is 0 Å². The van der Waals surface area contributed by atoms with Crippen molar-refractivity contribution in [2.45, 2.75) is 50.8 Å². The van der Waals surface area contributed by atoms with Crippen LogP contribution in [0, 0.1) is 5.92 Å². The number of rotatable bonds is 2. The van der Waals surface area contributed by atoms with Crippen LogP contribution in [0.25, 0.3) is 0 Å². The van der Waals surface area contributed by atoms with Gasteiger partial charge in [-0.2, -0.15) is 0 Å². The second-order valence-corrected chi connectivity index (χ2v) is 7.21. The van der Waals surface area contributed by atoms with Crippen LogP contribution < -0.4 is 0 Å². The maximum atomic E-state index is 12.6. The second kappa shape index (κ2) is 4.73. The van der Waals surface area contributed by atoms with Gasteiger partial charge in [-0.15, -0.1) is 0 Å². The molecule has 1 aromatic carbocycles. The number of carboxylic acids is 1. The molecule has 5 heteroatoms. The first-order valence-electron chi connectivity index (χ1n) is 7.55. The lowest BCUT2D eigenvalue weighted by Crippen LogP contribution is -2.55. The van der Waals surface area contributed by atoms with Crippen LogP contribution in [-0.4, -0.2) is 33.2 Å². The van der Waals surface area contributed by atoms with Gasteiger partial charge in [0.1, 0.15) is 11.1 Å². The van der Waals surface area contributed by atoms with Crippen molar-refractivity contribution in [3.8, 4) is 0 Å². The van der Waals surface area contributed by atoms with E-state index in [1.54, 1.807) is 20.8 Å². The maximum absolute atomic E-state index is 12.6. The predicted octanol–water partition coefficient (Wildman–Crippen LogP) is 3.21. The summed E-state index contributed by atoms with van der Waals surface area (Å²) < 4.78 is 5.47. The van der Waals surface area contributed by atoms with Crippen LogP contribution >= 0.6 is 0 Å². The third-order valence-electron chi connectivity index (χ3n) is 4.51. The van der Waals surface area contributed by atoms with Crippen LogP contribution in [-0.2, 0) is 9.53 Å². The van der Waals surface area contributed by atoms with E-state index >= 15 is 0 Å². The Morgan fingerprint density at radius 3 is 2.32 bits per heavy atom. The van der Waals surface area contributed by atoms with E-state index in [-0.39, 0.29) is 12.0 Å². The molecule has 2 bridgehead atoms. The average molecular weight is 303 g/mol. The molecule has 0 radical (unpaired) electrons. The highest BCUT2D eigenvalue weighted by atomic mass is 16.6. The third-order valence-corrected chi connectivity index (χ3v) is 4.51. The van der Waals surface area contributed by atoms with E-state index < -0.39 is 23.2 Å². The molecule has 1 atom stereocenters. The summed E-state index contributed by atoms with van der Waals surface area (Å²) >= 11 is 0. The molecule has 4 rings (SSSR count). The molecular formula is C17H21NO4. The lowest BCUT2D eigenvalue weighted by Gasteiger charge is -2.38. The van der Waals surface area contributed by atoms with Crippen LogP contribution in [0.1, 0.15) is 45.2 Å². The Kier molecular flexibility index (Phi) is 3.20. The first-order chi connectivity index (χ1) is 10.2. The Morgan fingerprint density at radius 1 is 1.23 bits per heavy atom. The summed E-state index contributed by atoms with van der Waals surface area (Å²) in [6, 6.07) is 9.40. The van der Waals surface area contributed by atoms with Gasteiger partial charge in [-0.1, -0.05) is 30.3 Å². The number of hydrogen-bond donors (Lipinski definition) is 1. The molecule has 22 heavy (non-hydrogen) atoms. The highest BCUT2D eigenvalue weighted by molar-refractivity contribution is 5.88. The molecule has 2 saturated heterocycles. The largest absolute Gasteiger partial charge is 0.479 e. The molecule has 0 spiro atoms. The van der Waals surface area contributed by atoms with Gasteiger partial charge in [-0.25, -0.2) is 9.59 Å². The van der Waals surface area contributed by atoms with E-state index in [2.05, 4.69) is 0 Å². The Labute approximate surface area is 129 Å². The zero-order valence-corrected chi connectivity index (χ0v) is 13.1. The van der Waals surface area contributed by atoms with Crippen molar-refractivity contribution in [3.05, 3.63) is 35.9 Å². The van der Waals surface area contributed by atoms with Crippen molar-refractivity contribution in [3.63, 3.8) is 0 Å². The molecule has 2 aliphatic heterocycles. The molecule has 3 aliphatic rings. The van der Waals surface area contributed by atoms with E-state index in [1.807, 2.05) is 30.3 Å². The summed E-state index contributed by atoms with van der Waals surface area (Å²) in [6.07, 6.45) is 0.464. The molecule has 1 saturated carbocycles. The van der Waals surface area contributed by atoms with E-state index in [0.29, 0.717) is 12.8 Å². The normalized spacial score (nSPS) is 29.9. The highest BCUT2D eigenvalue weighted by Gasteiger charge is 2.68. The average Bonchev–Trinajstić information content (AvgIpc) is 2.88. The lowest BCUT2D eigenvalue weighted by molar-refractivity contribution is -0.152. The van der Waals surface area contributed by atoms with E-state index in [9.17, 15) is 14.7 Å². The fraction of sp³-hybridized carbons (Fsp3) is 0.529. The maximum Gasteiger partial charge on any atom is 0.411 e. The second-order valence-electron chi connectivity index (χ2n) is 7.21. The van der Waals surface area contributed by atoms with E-state index in [1.165, 1.54) is 4.90 Å². The summed E-state index contributed by atoms with van der Waals surface area (Å²) in [7, 11) is 0. The van der Waals surface area contributed by atoms with Crippen LogP contribution in [0.15, 0.2) is 30.3 Å². The number of hydrogen-bond acceptors (Lipinski definition) is 3. The Morgan fingerprint density at radius 2 is 1.82 bits per heavy atom. The molecule has 118 valence electrons. The van der Waals surface area contributed by atoms with Gasteiger partial charge in [0, 0.05) is 0 Å². The fourth-order valence-corrected chi connectivity index (χ4v) is 3.65. The van der Waals surface area contributed by atoms with Gasteiger partial charge in [0.25, 0.3) is 0 Å². The standard InChI is InChI=1S/C17H21NO4/c1-16(2,3)22-15(21)18-13(11-7-5-4-6-8-11)12-9-17(18,10-12)14(19)20/h4-8,12-13H,9-10H2,1-3H3,(H,19,20). The fourth-order valence-electron chi connectivity index (χ4n) is 3.65. The van der Waals surface area contributed by atoms with E-state index in [0.717, 1.165) is 5.56 Å². The van der Waals surface area contributed by atoms with Crippen molar-refractivity contribution in [2.24, 2.45) is 5.92 Å². The molecule has 1 unspecified atom stereocenters. The van der Waals surface area contributed by atoms with Gasteiger partial charge in [-0.3, -0.25) is 4.90 Å². The summed E-state index contributed by atoms with van der Waals surface area (Å²) in [6.45, 7) is 5.36. The molecule has 0 aromatic heterocycles. The van der Waals surface area contributed by atoms with Gasteiger partial charge >= 0.3 is 12.1 Å². The number of aliphatic carboxylic acids is 1. The van der Waals surface area contributed by atoms with Gasteiger partial charge in [0.15, 0.2) is 0 Å². The number of ether oxygens (including phenoxy) is 1. The smallest absolute Gasteiger partial charge is 0.411 e. The topological polar surface area (TPSA) is 66.8 Å². The number of carbonyl (C=O) groups is 2. The van der Waals surface area contributed by atoms with E-state index in [4.69, 9.17) is 4.74 Å². The van der Waals surface area contributed by atoms with Crippen molar-refractivity contribution in [2.75, 3.05) is 0 Å². The minimum Gasteiger partial charge on any atom is -0.479 e. The molecule has 5 nitrogen and oxygen atoms in total. The van der Waals surface area contributed by atoms with Gasteiger partial charge in [0.05, 0.1) is 6.04 Å². The predicted molar refractivity (Wildman–Crippen MR) is 80.3 cm³/mol. The number of carbonyl (C=O) groups excluding carboxylic acids is 1. The Balaban J connectivity index is 1.97. The van der Waals surface area contributed by atoms with Crippen molar-refractivity contribution < 1.29 is 19.4 Å². The number of carboxylic acid groups (broad SMARTS) is 1. The van der Waals surface area contributed by atoms with Crippen LogP contribution in [0.5, 0.6) is 0 Å². The molecular weight excluding hydrogens is 282 g/mol. The van der Waals surface area contributed by atoms with Crippen molar-refractivity contribution >= 4 is 12.1 Å². The molecule has 1 N–H and O–H groups in total. The first-order valence-corrected chi connectivity index (χ1v) is 7.55. The molecule has 3 fully saturated rings. The van der Waals surface area contributed by atoms with Crippen LogP contribution in [0.3, 0.4) is 0 Å². The van der Waals surface area contributed by atoms with Crippen LogP contribution in [0.2, 0.25) is 0 Å². The summed E-state index contributed by atoms with van der Waals surface area (Å²) in [5, 5.41) is 9.64. The molecule has 1 aromatic rings.